The van der Waals surface area contributed by atoms with Gasteiger partial charge in [-0.1, -0.05) is 24.8 Å². The molecule has 0 atom stereocenters. The molecule has 0 spiro atoms. The van der Waals surface area contributed by atoms with Crippen LogP contribution in [0.15, 0.2) is 55.6 Å². The van der Waals surface area contributed by atoms with Gasteiger partial charge in [-0.15, -0.1) is 0 Å². The summed E-state index contributed by atoms with van der Waals surface area (Å²) in [4.78, 5) is 4.00. The maximum atomic E-state index is 5.41. The van der Waals surface area contributed by atoms with Crippen molar-refractivity contribution in [2.45, 2.75) is 6.54 Å². The molecule has 2 rings (SSSR count). The molecule has 0 amide bonds. The van der Waals surface area contributed by atoms with Gasteiger partial charge in [-0.3, -0.25) is 0 Å². The summed E-state index contributed by atoms with van der Waals surface area (Å²) in [5.41, 5.74) is 1.23. The zero-order valence-electron chi connectivity index (χ0n) is 9.04. The van der Waals surface area contributed by atoms with Crippen LogP contribution in [0.4, 0.5) is 0 Å². The molecule has 16 heavy (non-hydrogen) atoms. The maximum Gasteiger partial charge on any atom is 0.119 e. The Labute approximate surface area is 95.0 Å². The lowest BCUT2D eigenvalue weighted by Crippen LogP contribution is -1.97. The van der Waals surface area contributed by atoms with Crippen molar-refractivity contribution in [3.05, 3.63) is 61.2 Å². The second-order valence-electron chi connectivity index (χ2n) is 3.48. The lowest BCUT2D eigenvalue weighted by Gasteiger charge is -2.05. The molecule has 0 aliphatic carbocycles. The van der Waals surface area contributed by atoms with Gasteiger partial charge in [0.05, 0.1) is 6.33 Å². The number of hydrogen-bond acceptors (Lipinski definition) is 2. The van der Waals surface area contributed by atoms with E-state index in [1.165, 1.54) is 5.56 Å². The molecule has 0 fully saturated rings. The third-order valence-electron chi connectivity index (χ3n) is 2.22. The molecule has 0 aliphatic rings. The van der Waals surface area contributed by atoms with Gasteiger partial charge < -0.3 is 9.30 Å². The largest absolute Gasteiger partial charge is 0.490 e. The summed E-state index contributed by atoms with van der Waals surface area (Å²) in [5.74, 6) is 0.870. The highest BCUT2D eigenvalue weighted by atomic mass is 16.5. The Morgan fingerprint density at radius 3 is 2.75 bits per heavy atom. The minimum Gasteiger partial charge on any atom is -0.490 e. The summed E-state index contributed by atoms with van der Waals surface area (Å²) >= 11 is 0. The Hall–Kier alpha value is -2.03. The van der Waals surface area contributed by atoms with Crippen molar-refractivity contribution in [1.29, 1.82) is 0 Å². The lowest BCUT2D eigenvalue weighted by atomic mass is 10.2. The Morgan fingerprint density at radius 1 is 1.31 bits per heavy atom. The van der Waals surface area contributed by atoms with Crippen molar-refractivity contribution in [2.24, 2.45) is 0 Å². The third kappa shape index (κ3) is 2.73. The van der Waals surface area contributed by atoms with Crippen LogP contribution in [0.1, 0.15) is 5.56 Å². The first-order valence-electron chi connectivity index (χ1n) is 5.17. The van der Waals surface area contributed by atoms with E-state index in [0.29, 0.717) is 6.61 Å². The number of hydrogen-bond donors (Lipinski definition) is 0. The zero-order chi connectivity index (χ0) is 11.2. The number of aromatic nitrogens is 2. The van der Waals surface area contributed by atoms with Gasteiger partial charge in [0.2, 0.25) is 0 Å². The first kappa shape index (κ1) is 10.5. The van der Waals surface area contributed by atoms with E-state index in [4.69, 9.17) is 4.74 Å². The summed E-state index contributed by atoms with van der Waals surface area (Å²) in [6, 6.07) is 8.04. The number of rotatable bonds is 5. The monoisotopic (exact) mass is 214 g/mol. The fourth-order valence-electron chi connectivity index (χ4n) is 1.44. The van der Waals surface area contributed by atoms with E-state index in [1.807, 2.05) is 29.2 Å². The summed E-state index contributed by atoms with van der Waals surface area (Å²) in [5, 5.41) is 0. The number of ether oxygens (including phenoxy) is 1. The van der Waals surface area contributed by atoms with Crippen molar-refractivity contribution in [2.75, 3.05) is 6.61 Å². The first-order chi connectivity index (χ1) is 7.88. The Kier molecular flexibility index (Phi) is 3.38. The average Bonchev–Trinajstić information content (AvgIpc) is 2.81. The highest BCUT2D eigenvalue weighted by Gasteiger charge is 1.96. The van der Waals surface area contributed by atoms with E-state index in [1.54, 1.807) is 12.3 Å². The quantitative estimate of drug-likeness (QED) is 0.715. The molecule has 3 nitrogen and oxygen atoms in total. The van der Waals surface area contributed by atoms with Crippen LogP contribution in [0, 0.1) is 0 Å². The Bertz CT molecular complexity index is 431. The predicted octanol–water partition coefficient (Wildman–Crippen LogP) is 2.50. The van der Waals surface area contributed by atoms with Gasteiger partial charge in [-0.2, -0.15) is 0 Å². The number of imidazole rings is 1. The summed E-state index contributed by atoms with van der Waals surface area (Å²) in [6.07, 6.45) is 7.27. The van der Waals surface area contributed by atoms with Crippen molar-refractivity contribution >= 4 is 0 Å². The Morgan fingerprint density at radius 2 is 2.12 bits per heavy atom. The molecule has 0 saturated heterocycles. The van der Waals surface area contributed by atoms with Gasteiger partial charge in [-0.25, -0.2) is 4.98 Å². The summed E-state index contributed by atoms with van der Waals surface area (Å²) < 4.78 is 7.44. The molecule has 2 aromatic rings. The molecule has 0 aliphatic heterocycles. The van der Waals surface area contributed by atoms with Crippen molar-refractivity contribution < 1.29 is 4.74 Å². The van der Waals surface area contributed by atoms with Crippen LogP contribution in [-0.2, 0) is 6.54 Å². The molecule has 0 bridgehead atoms. The Balaban J connectivity index is 1.99. The van der Waals surface area contributed by atoms with Crippen molar-refractivity contribution in [1.82, 2.24) is 9.55 Å². The van der Waals surface area contributed by atoms with E-state index in [0.717, 1.165) is 12.3 Å². The van der Waals surface area contributed by atoms with E-state index in [9.17, 15) is 0 Å². The van der Waals surface area contributed by atoms with Gasteiger partial charge in [-0.05, 0) is 17.7 Å². The average molecular weight is 214 g/mol. The van der Waals surface area contributed by atoms with Crippen LogP contribution in [0.25, 0.3) is 0 Å². The second kappa shape index (κ2) is 5.16. The van der Waals surface area contributed by atoms with E-state index < -0.39 is 0 Å². The topological polar surface area (TPSA) is 27.1 Å². The predicted molar refractivity (Wildman–Crippen MR) is 63.5 cm³/mol. The number of nitrogens with zero attached hydrogens (tertiary/aromatic N) is 2. The lowest BCUT2D eigenvalue weighted by molar-refractivity contribution is 0.363. The molecule has 1 aromatic carbocycles. The van der Waals surface area contributed by atoms with Crippen LogP contribution in [0.5, 0.6) is 5.75 Å². The van der Waals surface area contributed by atoms with Crippen LogP contribution < -0.4 is 4.74 Å². The van der Waals surface area contributed by atoms with Crippen LogP contribution in [-0.4, -0.2) is 16.2 Å². The van der Waals surface area contributed by atoms with E-state index in [2.05, 4.69) is 23.7 Å². The fourth-order valence-corrected chi connectivity index (χ4v) is 1.44. The van der Waals surface area contributed by atoms with Gasteiger partial charge in [0.15, 0.2) is 0 Å². The van der Waals surface area contributed by atoms with Crippen LogP contribution in [0.2, 0.25) is 0 Å². The minimum absolute atomic E-state index is 0.543. The van der Waals surface area contributed by atoms with Gasteiger partial charge in [0, 0.05) is 18.9 Å². The molecular formula is C13H14N2O. The van der Waals surface area contributed by atoms with Crippen LogP contribution in [0.3, 0.4) is 0 Å². The molecule has 0 N–H and O–H groups in total. The molecule has 0 unspecified atom stereocenters. The fraction of sp³-hybridized carbons (Fsp3) is 0.154. The molecule has 82 valence electrons. The normalized spacial score (nSPS) is 10.0. The SMILES string of the molecule is C=CCOc1ccc(Cn2ccnc2)cc1. The third-order valence-corrected chi connectivity index (χ3v) is 2.22. The van der Waals surface area contributed by atoms with E-state index >= 15 is 0 Å². The smallest absolute Gasteiger partial charge is 0.119 e. The standard InChI is InChI=1S/C13H14N2O/c1-2-9-16-13-5-3-12(4-6-13)10-15-8-7-14-11-15/h2-8,11H,1,9-10H2. The van der Waals surface area contributed by atoms with Gasteiger partial charge in [0.1, 0.15) is 12.4 Å². The minimum atomic E-state index is 0.543. The van der Waals surface area contributed by atoms with Gasteiger partial charge in [0.25, 0.3) is 0 Å². The molecule has 0 radical (unpaired) electrons. The maximum absolute atomic E-state index is 5.41. The molecule has 1 heterocycles. The number of benzene rings is 1. The second-order valence-corrected chi connectivity index (χ2v) is 3.48. The highest BCUT2D eigenvalue weighted by Crippen LogP contribution is 2.12. The first-order valence-corrected chi connectivity index (χ1v) is 5.17. The molecule has 1 aromatic heterocycles. The summed E-state index contributed by atoms with van der Waals surface area (Å²) in [6.45, 7) is 4.99. The highest BCUT2D eigenvalue weighted by molar-refractivity contribution is 5.27. The van der Waals surface area contributed by atoms with E-state index in [-0.39, 0.29) is 0 Å². The molecule has 0 saturated carbocycles. The van der Waals surface area contributed by atoms with Gasteiger partial charge >= 0.3 is 0 Å². The zero-order valence-corrected chi connectivity index (χ0v) is 9.04. The molecule has 3 heteroatoms. The van der Waals surface area contributed by atoms with Crippen LogP contribution >= 0.6 is 0 Å². The summed E-state index contributed by atoms with van der Waals surface area (Å²) in [7, 11) is 0. The van der Waals surface area contributed by atoms with Crippen molar-refractivity contribution in [3.8, 4) is 5.75 Å². The van der Waals surface area contributed by atoms with Crippen molar-refractivity contribution in [3.63, 3.8) is 0 Å². The molecular weight excluding hydrogens is 200 g/mol.